The van der Waals surface area contributed by atoms with Gasteiger partial charge in [0, 0.05) is 29.1 Å². The van der Waals surface area contributed by atoms with Crippen molar-refractivity contribution < 1.29 is 5.11 Å². The van der Waals surface area contributed by atoms with Crippen LogP contribution < -0.4 is 5.32 Å². The van der Waals surface area contributed by atoms with Gasteiger partial charge in [0.2, 0.25) is 0 Å². The summed E-state index contributed by atoms with van der Waals surface area (Å²) in [6.45, 7) is 0.419. The number of nitrogens with one attached hydrogen (secondary N) is 1. The fourth-order valence-electron chi connectivity index (χ4n) is 3.36. The van der Waals surface area contributed by atoms with Gasteiger partial charge < -0.3 is 10.4 Å². The zero-order valence-electron chi connectivity index (χ0n) is 17.5. The summed E-state index contributed by atoms with van der Waals surface area (Å²) in [5, 5.41) is 24.3. The Hall–Kier alpha value is -3.59. The van der Waals surface area contributed by atoms with Gasteiger partial charge in [-0.2, -0.15) is 5.26 Å². The first-order valence-corrected chi connectivity index (χ1v) is 11.4. The molecule has 0 spiro atoms. The SMILES string of the molecule is N#Cc1c(-c2ccccc2)cc(-c2ccccc2)nc1SCC(O)CNc1ccccc1. The molecule has 0 aliphatic rings. The first kappa shape index (κ1) is 21.6. The first-order valence-electron chi connectivity index (χ1n) is 10.4. The average molecular weight is 438 g/mol. The molecule has 0 aliphatic carbocycles. The van der Waals surface area contributed by atoms with Gasteiger partial charge in [-0.15, -0.1) is 11.8 Å². The molecule has 1 heterocycles. The zero-order chi connectivity index (χ0) is 22.2. The molecule has 32 heavy (non-hydrogen) atoms. The van der Waals surface area contributed by atoms with Gasteiger partial charge in [-0.05, 0) is 23.8 Å². The maximum Gasteiger partial charge on any atom is 0.115 e. The Labute approximate surface area is 192 Å². The standard InChI is InChI=1S/C27H23N3OS/c28-17-25-24(20-10-4-1-5-11-20)16-26(21-12-6-2-7-13-21)30-27(25)32-19-23(31)18-29-22-14-8-3-9-15-22/h1-16,23,29,31H,18-19H2. The van der Waals surface area contributed by atoms with E-state index in [1.165, 1.54) is 11.8 Å². The van der Waals surface area contributed by atoms with Crippen molar-refractivity contribution in [1.29, 1.82) is 5.26 Å². The molecule has 0 saturated heterocycles. The van der Waals surface area contributed by atoms with E-state index in [1.807, 2.05) is 97.1 Å². The quantitative estimate of drug-likeness (QED) is 0.338. The predicted octanol–water partition coefficient (Wildman–Crippen LogP) is 5.85. The summed E-state index contributed by atoms with van der Waals surface area (Å²) in [6, 6.07) is 33.9. The van der Waals surface area contributed by atoms with Crippen LogP contribution in [0.3, 0.4) is 0 Å². The Kier molecular flexibility index (Phi) is 7.19. The summed E-state index contributed by atoms with van der Waals surface area (Å²) in [5.74, 6) is 0.425. The summed E-state index contributed by atoms with van der Waals surface area (Å²) >= 11 is 1.41. The van der Waals surface area contributed by atoms with Gasteiger partial charge in [0.1, 0.15) is 11.1 Å². The second-order valence-corrected chi connectivity index (χ2v) is 8.30. The van der Waals surface area contributed by atoms with Crippen LogP contribution in [-0.2, 0) is 0 Å². The van der Waals surface area contributed by atoms with E-state index in [0.29, 0.717) is 22.9 Å². The summed E-state index contributed by atoms with van der Waals surface area (Å²) < 4.78 is 0. The largest absolute Gasteiger partial charge is 0.390 e. The number of aliphatic hydroxyl groups is 1. The molecular formula is C27H23N3OS. The van der Waals surface area contributed by atoms with Crippen LogP contribution >= 0.6 is 11.8 Å². The minimum absolute atomic E-state index is 0.419. The van der Waals surface area contributed by atoms with Crippen molar-refractivity contribution >= 4 is 17.4 Å². The third kappa shape index (κ3) is 5.36. The maximum absolute atomic E-state index is 10.5. The molecule has 0 amide bonds. The molecule has 0 saturated carbocycles. The number of anilines is 1. The van der Waals surface area contributed by atoms with Crippen molar-refractivity contribution in [2.45, 2.75) is 11.1 Å². The summed E-state index contributed by atoms with van der Waals surface area (Å²) in [4.78, 5) is 4.80. The normalized spacial score (nSPS) is 11.5. The molecular weight excluding hydrogens is 414 g/mol. The number of nitrogens with zero attached hydrogens (tertiary/aromatic N) is 2. The van der Waals surface area contributed by atoms with Gasteiger partial charge in [-0.1, -0.05) is 78.9 Å². The molecule has 0 aliphatic heterocycles. The van der Waals surface area contributed by atoms with E-state index in [2.05, 4.69) is 11.4 Å². The van der Waals surface area contributed by atoms with Gasteiger partial charge in [-0.25, -0.2) is 4.98 Å². The third-order valence-corrected chi connectivity index (χ3v) is 6.10. The van der Waals surface area contributed by atoms with Gasteiger partial charge >= 0.3 is 0 Å². The highest BCUT2D eigenvalue weighted by Gasteiger charge is 2.17. The smallest absolute Gasteiger partial charge is 0.115 e. The van der Waals surface area contributed by atoms with E-state index in [0.717, 1.165) is 28.1 Å². The van der Waals surface area contributed by atoms with Crippen molar-refractivity contribution in [3.05, 3.63) is 103 Å². The number of rotatable bonds is 8. The van der Waals surface area contributed by atoms with Crippen LogP contribution in [0.25, 0.3) is 22.4 Å². The molecule has 158 valence electrons. The number of aliphatic hydroxyl groups excluding tert-OH is 1. The molecule has 4 nitrogen and oxygen atoms in total. The number of thioether (sulfide) groups is 1. The molecule has 1 atom stereocenters. The minimum atomic E-state index is -0.589. The van der Waals surface area contributed by atoms with Crippen molar-refractivity contribution in [2.75, 3.05) is 17.6 Å². The fraction of sp³-hybridized carbons (Fsp3) is 0.111. The molecule has 4 rings (SSSR count). The lowest BCUT2D eigenvalue weighted by Gasteiger charge is -2.15. The van der Waals surface area contributed by atoms with E-state index >= 15 is 0 Å². The molecule has 0 radical (unpaired) electrons. The number of nitriles is 1. The second kappa shape index (κ2) is 10.6. The lowest BCUT2D eigenvalue weighted by Crippen LogP contribution is -2.21. The third-order valence-electron chi connectivity index (χ3n) is 4.98. The fourth-order valence-corrected chi connectivity index (χ4v) is 4.29. The Bertz CT molecular complexity index is 1190. The van der Waals surface area contributed by atoms with Crippen LogP contribution in [0, 0.1) is 11.3 Å². The predicted molar refractivity (Wildman–Crippen MR) is 131 cm³/mol. The Balaban J connectivity index is 1.60. The number of para-hydroxylation sites is 1. The molecule has 3 aromatic carbocycles. The Morgan fingerprint density at radius 3 is 2.09 bits per heavy atom. The number of aromatic nitrogens is 1. The van der Waals surface area contributed by atoms with E-state index in [9.17, 15) is 10.4 Å². The number of benzene rings is 3. The highest BCUT2D eigenvalue weighted by atomic mass is 32.2. The molecule has 0 fully saturated rings. The number of pyridine rings is 1. The Morgan fingerprint density at radius 1 is 0.875 bits per heavy atom. The highest BCUT2D eigenvalue weighted by Crippen LogP contribution is 2.34. The van der Waals surface area contributed by atoms with E-state index in [-0.39, 0.29) is 0 Å². The maximum atomic E-state index is 10.5. The van der Waals surface area contributed by atoms with Gasteiger partial charge in [0.05, 0.1) is 17.4 Å². The molecule has 1 unspecified atom stereocenters. The molecule has 1 aromatic heterocycles. The number of hydrogen-bond donors (Lipinski definition) is 2. The topological polar surface area (TPSA) is 68.9 Å². The first-order chi connectivity index (χ1) is 15.7. The van der Waals surface area contributed by atoms with E-state index in [4.69, 9.17) is 4.98 Å². The van der Waals surface area contributed by atoms with E-state index in [1.54, 1.807) is 0 Å². The van der Waals surface area contributed by atoms with Crippen molar-refractivity contribution in [2.24, 2.45) is 0 Å². The summed E-state index contributed by atoms with van der Waals surface area (Å²) in [5.41, 5.74) is 5.11. The summed E-state index contributed by atoms with van der Waals surface area (Å²) in [7, 11) is 0. The van der Waals surface area contributed by atoms with Gasteiger partial charge in [0.25, 0.3) is 0 Å². The van der Waals surface area contributed by atoms with Crippen LogP contribution in [0.1, 0.15) is 5.56 Å². The van der Waals surface area contributed by atoms with Crippen LogP contribution in [0.15, 0.2) is 102 Å². The van der Waals surface area contributed by atoms with Gasteiger partial charge in [-0.3, -0.25) is 0 Å². The van der Waals surface area contributed by atoms with Crippen molar-refractivity contribution in [3.63, 3.8) is 0 Å². The van der Waals surface area contributed by atoms with Crippen LogP contribution in [0.2, 0.25) is 0 Å². The lowest BCUT2D eigenvalue weighted by atomic mass is 9.99. The summed E-state index contributed by atoms with van der Waals surface area (Å²) in [6.07, 6.45) is -0.589. The molecule has 2 N–H and O–H groups in total. The van der Waals surface area contributed by atoms with Crippen molar-refractivity contribution in [3.8, 4) is 28.5 Å². The molecule has 5 heteroatoms. The van der Waals surface area contributed by atoms with Crippen molar-refractivity contribution in [1.82, 2.24) is 4.98 Å². The number of hydrogen-bond acceptors (Lipinski definition) is 5. The molecule has 0 bridgehead atoms. The van der Waals surface area contributed by atoms with E-state index < -0.39 is 6.10 Å². The monoisotopic (exact) mass is 437 g/mol. The highest BCUT2D eigenvalue weighted by molar-refractivity contribution is 7.99. The molecule has 4 aromatic rings. The Morgan fingerprint density at radius 2 is 1.47 bits per heavy atom. The average Bonchev–Trinajstić information content (AvgIpc) is 2.87. The zero-order valence-corrected chi connectivity index (χ0v) is 18.3. The second-order valence-electron chi connectivity index (χ2n) is 7.29. The van der Waals surface area contributed by atoms with Crippen LogP contribution in [-0.4, -0.2) is 28.5 Å². The minimum Gasteiger partial charge on any atom is -0.390 e. The lowest BCUT2D eigenvalue weighted by molar-refractivity contribution is 0.213. The van der Waals surface area contributed by atoms with Crippen LogP contribution in [0.5, 0.6) is 0 Å². The van der Waals surface area contributed by atoms with Gasteiger partial charge in [0.15, 0.2) is 0 Å². The van der Waals surface area contributed by atoms with Crippen LogP contribution in [0.4, 0.5) is 5.69 Å².